The highest BCUT2D eigenvalue weighted by Gasteiger charge is 2.14. The molecule has 2 amide bonds. The highest BCUT2D eigenvalue weighted by molar-refractivity contribution is 14.1. The minimum Gasteiger partial charge on any atom is -0.490 e. The van der Waals surface area contributed by atoms with E-state index in [0.29, 0.717) is 27.2 Å². The third-order valence-electron chi connectivity index (χ3n) is 4.13. The van der Waals surface area contributed by atoms with Gasteiger partial charge in [-0.05, 0) is 66.3 Å². The normalized spacial score (nSPS) is 10.6. The van der Waals surface area contributed by atoms with Gasteiger partial charge in [0.25, 0.3) is 5.91 Å². The van der Waals surface area contributed by atoms with Gasteiger partial charge < -0.3 is 19.5 Å². The van der Waals surface area contributed by atoms with Crippen LogP contribution in [0.2, 0.25) is 0 Å². The SMILES string of the molecule is CCOC(=O)COc1c(I)cc(C=NNC(=O)CCNC(=O)c2ccccc2F)cc1OCC. The van der Waals surface area contributed by atoms with Crippen LogP contribution < -0.4 is 20.2 Å². The van der Waals surface area contributed by atoms with Crippen molar-refractivity contribution in [3.63, 3.8) is 0 Å². The topological polar surface area (TPSA) is 115 Å². The summed E-state index contributed by atoms with van der Waals surface area (Å²) in [6, 6.07) is 8.99. The Morgan fingerprint density at radius 1 is 1.12 bits per heavy atom. The Kier molecular flexibility index (Phi) is 11.2. The Hall–Kier alpha value is -3.22. The van der Waals surface area contributed by atoms with Crippen LogP contribution in [0.25, 0.3) is 0 Å². The number of nitrogens with zero attached hydrogens (tertiary/aromatic N) is 1. The van der Waals surface area contributed by atoms with Crippen molar-refractivity contribution in [1.29, 1.82) is 0 Å². The summed E-state index contributed by atoms with van der Waals surface area (Å²) in [6.45, 7) is 3.93. The molecule has 182 valence electrons. The van der Waals surface area contributed by atoms with Gasteiger partial charge in [-0.2, -0.15) is 5.10 Å². The molecule has 0 aromatic heterocycles. The molecular formula is C23H25FIN3O6. The number of esters is 1. The molecule has 0 spiro atoms. The predicted octanol–water partition coefficient (Wildman–Crippen LogP) is 3.04. The van der Waals surface area contributed by atoms with Crippen molar-refractivity contribution >= 4 is 46.6 Å². The predicted molar refractivity (Wildman–Crippen MR) is 132 cm³/mol. The number of nitrogens with one attached hydrogen (secondary N) is 2. The number of benzene rings is 2. The largest absolute Gasteiger partial charge is 0.490 e. The molecule has 0 saturated heterocycles. The average molecular weight is 585 g/mol. The van der Waals surface area contributed by atoms with Crippen molar-refractivity contribution in [3.05, 3.63) is 56.9 Å². The molecule has 11 heteroatoms. The first-order valence-electron chi connectivity index (χ1n) is 10.4. The lowest BCUT2D eigenvalue weighted by Crippen LogP contribution is -2.29. The van der Waals surface area contributed by atoms with Gasteiger partial charge in [-0.3, -0.25) is 9.59 Å². The molecule has 2 aromatic carbocycles. The fraction of sp³-hybridized carbons (Fsp3) is 0.304. The second-order valence-electron chi connectivity index (χ2n) is 6.64. The summed E-state index contributed by atoms with van der Waals surface area (Å²) in [5.74, 6) is -1.33. The van der Waals surface area contributed by atoms with E-state index < -0.39 is 23.6 Å². The number of halogens is 2. The number of amides is 2. The lowest BCUT2D eigenvalue weighted by atomic mass is 10.2. The monoisotopic (exact) mass is 585 g/mol. The average Bonchev–Trinajstić information content (AvgIpc) is 2.79. The summed E-state index contributed by atoms with van der Waals surface area (Å²) in [4.78, 5) is 35.5. The van der Waals surface area contributed by atoms with E-state index >= 15 is 0 Å². The molecule has 0 heterocycles. The molecule has 0 aliphatic heterocycles. The van der Waals surface area contributed by atoms with E-state index in [1.807, 2.05) is 29.5 Å². The Bertz CT molecular complexity index is 1050. The molecule has 0 atom stereocenters. The third kappa shape index (κ3) is 8.61. The molecule has 0 fully saturated rings. The van der Waals surface area contributed by atoms with Crippen LogP contribution in [0.1, 0.15) is 36.2 Å². The minimum absolute atomic E-state index is 0.0212. The van der Waals surface area contributed by atoms with E-state index in [1.54, 1.807) is 25.1 Å². The van der Waals surface area contributed by atoms with Crippen molar-refractivity contribution in [2.45, 2.75) is 20.3 Å². The number of ether oxygens (including phenoxy) is 3. The van der Waals surface area contributed by atoms with E-state index in [0.717, 1.165) is 0 Å². The van der Waals surface area contributed by atoms with Gasteiger partial charge in [0.15, 0.2) is 18.1 Å². The molecule has 2 rings (SSSR count). The van der Waals surface area contributed by atoms with Crippen molar-refractivity contribution in [1.82, 2.24) is 10.7 Å². The molecule has 2 aromatic rings. The maximum Gasteiger partial charge on any atom is 0.344 e. The standard InChI is InChI=1S/C23H25FIN3O6/c1-3-32-19-12-15(11-18(25)22(19)34-14-21(30)33-4-2)13-27-28-20(29)9-10-26-23(31)16-7-5-6-8-17(16)24/h5-8,11-13H,3-4,9-10,14H2,1-2H3,(H,26,31)(H,28,29). The van der Waals surface area contributed by atoms with Gasteiger partial charge in [0, 0.05) is 13.0 Å². The molecule has 0 radical (unpaired) electrons. The van der Waals surface area contributed by atoms with Gasteiger partial charge in [-0.1, -0.05) is 12.1 Å². The maximum absolute atomic E-state index is 13.6. The van der Waals surface area contributed by atoms with Gasteiger partial charge in [-0.15, -0.1) is 0 Å². The van der Waals surface area contributed by atoms with Crippen LogP contribution in [0, 0.1) is 9.39 Å². The fourth-order valence-corrected chi connectivity index (χ4v) is 3.45. The van der Waals surface area contributed by atoms with Gasteiger partial charge in [0.2, 0.25) is 5.91 Å². The van der Waals surface area contributed by atoms with Crippen molar-refractivity contribution in [2.75, 3.05) is 26.4 Å². The number of hydrazone groups is 1. The maximum atomic E-state index is 13.6. The van der Waals surface area contributed by atoms with Crippen molar-refractivity contribution < 1.29 is 33.0 Å². The van der Waals surface area contributed by atoms with Crippen molar-refractivity contribution in [3.8, 4) is 11.5 Å². The number of hydrogen-bond donors (Lipinski definition) is 2. The first-order chi connectivity index (χ1) is 16.3. The van der Waals surface area contributed by atoms with E-state index in [1.165, 1.54) is 24.4 Å². The van der Waals surface area contributed by atoms with E-state index in [9.17, 15) is 18.8 Å². The highest BCUT2D eigenvalue weighted by atomic mass is 127. The van der Waals surface area contributed by atoms with Crippen LogP contribution in [-0.2, 0) is 14.3 Å². The Labute approximate surface area is 210 Å². The molecule has 0 bridgehead atoms. The number of carbonyl (C=O) groups excluding carboxylic acids is 3. The first-order valence-corrected chi connectivity index (χ1v) is 11.5. The minimum atomic E-state index is -0.632. The summed E-state index contributed by atoms with van der Waals surface area (Å²) in [7, 11) is 0. The lowest BCUT2D eigenvalue weighted by Gasteiger charge is -2.14. The summed E-state index contributed by atoms with van der Waals surface area (Å²) in [5, 5.41) is 6.40. The number of carbonyl (C=O) groups is 3. The van der Waals surface area contributed by atoms with Crippen LogP contribution >= 0.6 is 22.6 Å². The summed E-state index contributed by atoms with van der Waals surface area (Å²) in [5.41, 5.74) is 2.91. The molecule has 0 unspecified atom stereocenters. The van der Waals surface area contributed by atoms with Crippen LogP contribution in [0.15, 0.2) is 41.5 Å². The van der Waals surface area contributed by atoms with Gasteiger partial charge in [0.1, 0.15) is 5.82 Å². The van der Waals surface area contributed by atoms with Crippen LogP contribution in [-0.4, -0.2) is 50.4 Å². The molecule has 0 aliphatic carbocycles. The summed E-state index contributed by atoms with van der Waals surface area (Å²) < 4.78 is 30.3. The van der Waals surface area contributed by atoms with Gasteiger partial charge >= 0.3 is 5.97 Å². The quantitative estimate of drug-likeness (QED) is 0.171. The summed E-state index contributed by atoms with van der Waals surface area (Å²) >= 11 is 2.04. The van der Waals surface area contributed by atoms with Gasteiger partial charge in [-0.25, -0.2) is 14.6 Å². The second-order valence-corrected chi connectivity index (χ2v) is 7.80. The second kappa shape index (κ2) is 14.1. The van der Waals surface area contributed by atoms with Gasteiger partial charge in [0.05, 0.1) is 28.6 Å². The van der Waals surface area contributed by atoms with Crippen LogP contribution in [0.5, 0.6) is 11.5 Å². The molecule has 0 saturated carbocycles. The fourth-order valence-electron chi connectivity index (χ4n) is 2.66. The molecule has 0 aliphatic rings. The zero-order valence-electron chi connectivity index (χ0n) is 18.7. The highest BCUT2D eigenvalue weighted by Crippen LogP contribution is 2.34. The Morgan fingerprint density at radius 3 is 2.59 bits per heavy atom. The van der Waals surface area contributed by atoms with Crippen molar-refractivity contribution in [2.24, 2.45) is 5.10 Å². The number of hydrogen-bond acceptors (Lipinski definition) is 7. The molecule has 9 nitrogen and oxygen atoms in total. The first kappa shape index (κ1) is 27.0. The molecule has 2 N–H and O–H groups in total. The summed E-state index contributed by atoms with van der Waals surface area (Å²) in [6.07, 6.45) is 1.38. The van der Waals surface area contributed by atoms with E-state index in [4.69, 9.17) is 14.2 Å². The van der Waals surface area contributed by atoms with Crippen LogP contribution in [0.3, 0.4) is 0 Å². The Balaban J connectivity index is 1.90. The molecular weight excluding hydrogens is 560 g/mol. The number of rotatable bonds is 12. The molecule has 34 heavy (non-hydrogen) atoms. The Morgan fingerprint density at radius 2 is 1.88 bits per heavy atom. The third-order valence-corrected chi connectivity index (χ3v) is 4.93. The van der Waals surface area contributed by atoms with Crippen LogP contribution in [0.4, 0.5) is 4.39 Å². The zero-order chi connectivity index (χ0) is 24.9. The smallest absolute Gasteiger partial charge is 0.344 e. The zero-order valence-corrected chi connectivity index (χ0v) is 20.9. The van der Waals surface area contributed by atoms with E-state index in [2.05, 4.69) is 15.8 Å². The lowest BCUT2D eigenvalue weighted by molar-refractivity contribution is -0.145. The van der Waals surface area contributed by atoms with E-state index in [-0.39, 0.29) is 31.7 Å².